The van der Waals surface area contributed by atoms with Crippen molar-refractivity contribution in [2.24, 2.45) is 10.1 Å². The van der Waals surface area contributed by atoms with Crippen LogP contribution in [0.3, 0.4) is 0 Å². The van der Waals surface area contributed by atoms with Crippen molar-refractivity contribution in [3.05, 3.63) is 22.9 Å². The predicted octanol–water partition coefficient (Wildman–Crippen LogP) is -0.127. The van der Waals surface area contributed by atoms with Gasteiger partial charge in [0.1, 0.15) is 29.0 Å². The molecule has 1 aliphatic carbocycles. The third-order valence-electron chi connectivity index (χ3n) is 4.61. The molecule has 1 fully saturated rings. The summed E-state index contributed by atoms with van der Waals surface area (Å²) in [6, 6.07) is 0. The molecule has 4 aliphatic rings. The normalized spacial score (nSPS) is 36.1. The summed E-state index contributed by atoms with van der Waals surface area (Å²) in [6.45, 7) is -0.360. The second kappa shape index (κ2) is 5.57. The fourth-order valence-electron chi connectivity index (χ4n) is 3.46. The predicted molar refractivity (Wildman–Crippen MR) is 87.1 cm³/mol. The third-order valence-corrected chi connectivity index (χ3v) is 4.86. The lowest BCUT2D eigenvalue weighted by molar-refractivity contribution is -0.0797. The Morgan fingerprint density at radius 3 is 2.87 bits per heavy atom. The van der Waals surface area contributed by atoms with Crippen molar-refractivity contribution in [3.8, 4) is 0 Å². The zero-order chi connectivity index (χ0) is 16.1. The molecule has 4 rings (SSSR count). The number of hydrazone groups is 1. The summed E-state index contributed by atoms with van der Waals surface area (Å²) in [5.74, 6) is 0. The van der Waals surface area contributed by atoms with Gasteiger partial charge in [0.2, 0.25) is 0 Å². The summed E-state index contributed by atoms with van der Waals surface area (Å²) in [6.07, 6.45) is 2.03. The van der Waals surface area contributed by atoms with Crippen molar-refractivity contribution < 1.29 is 20.1 Å². The summed E-state index contributed by atoms with van der Waals surface area (Å²) < 4.78 is 5.55. The molecule has 23 heavy (non-hydrogen) atoms. The summed E-state index contributed by atoms with van der Waals surface area (Å²) in [7, 11) is 0. The Hall–Kier alpha value is -1.45. The number of aliphatic hydroxyl groups excluding tert-OH is 3. The van der Waals surface area contributed by atoms with Crippen LogP contribution in [0.15, 0.2) is 33.0 Å². The summed E-state index contributed by atoms with van der Waals surface area (Å²) in [5.41, 5.74) is 4.15. The lowest BCUT2D eigenvalue weighted by Gasteiger charge is -2.29. The highest BCUT2D eigenvalue weighted by Gasteiger charge is 2.46. The standard InChI is InChI=1S/C15H17N3O4S/c19-6-10-13(20)14(21)15(22-10)18-5-8-2-1-7-3-11(23)16-4-9(17-18)12(7)8/h4-5,10,13-15,19-21H,1-3,6H2/t10-,13-,14+,15-/m1/s1. The van der Waals surface area contributed by atoms with Crippen LogP contribution in [0.1, 0.15) is 19.3 Å². The molecule has 0 aromatic heterocycles. The number of hydrogen-bond acceptors (Lipinski definition) is 7. The van der Waals surface area contributed by atoms with Gasteiger partial charge in [-0.15, -0.1) is 0 Å². The maximum atomic E-state index is 10.2. The van der Waals surface area contributed by atoms with Gasteiger partial charge in [-0.3, -0.25) is 0 Å². The molecule has 3 aliphatic heterocycles. The number of aliphatic hydroxyl groups is 3. The molecule has 0 bridgehead atoms. The van der Waals surface area contributed by atoms with E-state index in [4.69, 9.17) is 17.0 Å². The lowest BCUT2D eigenvalue weighted by atomic mass is 10.0. The average Bonchev–Trinajstić information content (AvgIpc) is 3.01. The smallest absolute Gasteiger partial charge is 0.179 e. The summed E-state index contributed by atoms with van der Waals surface area (Å²) >= 11 is 5.23. The van der Waals surface area contributed by atoms with E-state index in [1.807, 2.05) is 6.20 Å². The number of nitrogens with zero attached hydrogens (tertiary/aromatic N) is 3. The number of hydrogen-bond donors (Lipinski definition) is 3. The Labute approximate surface area is 138 Å². The third kappa shape index (κ3) is 2.38. The van der Waals surface area contributed by atoms with Crippen molar-refractivity contribution >= 4 is 29.1 Å². The van der Waals surface area contributed by atoms with Gasteiger partial charge in [-0.1, -0.05) is 17.8 Å². The first-order chi connectivity index (χ1) is 11.1. The quantitative estimate of drug-likeness (QED) is 0.609. The molecular weight excluding hydrogens is 318 g/mol. The number of thiocarbonyl (C=S) groups is 1. The maximum absolute atomic E-state index is 10.2. The van der Waals surface area contributed by atoms with Crippen LogP contribution in [0, 0.1) is 0 Å². The molecule has 0 spiro atoms. The Bertz CT molecular complexity index is 684. The molecule has 4 atom stereocenters. The zero-order valence-electron chi connectivity index (χ0n) is 12.3. The molecule has 3 N–H and O–H groups in total. The fourth-order valence-corrected chi connectivity index (χ4v) is 3.68. The van der Waals surface area contributed by atoms with Crippen LogP contribution >= 0.6 is 12.2 Å². The van der Waals surface area contributed by atoms with Crippen LogP contribution in [0.5, 0.6) is 0 Å². The van der Waals surface area contributed by atoms with Crippen molar-refractivity contribution in [2.75, 3.05) is 6.61 Å². The number of ether oxygens (including phenoxy) is 1. The Balaban J connectivity index is 1.69. The van der Waals surface area contributed by atoms with E-state index in [2.05, 4.69) is 10.1 Å². The largest absolute Gasteiger partial charge is 0.394 e. The van der Waals surface area contributed by atoms with Gasteiger partial charge in [-0.25, -0.2) is 10.0 Å². The van der Waals surface area contributed by atoms with Gasteiger partial charge in [0.05, 0.1) is 12.8 Å². The number of allylic oxidation sites excluding steroid dienone is 2. The SMILES string of the molecule is OC[C@H]1O[C@@H](N2C=C3CCC4=C3C(=N2)C=NC(=S)C4)[C@@H](O)[C@@H]1O. The second-order valence-corrected chi connectivity index (χ2v) is 6.53. The molecular formula is C15H17N3O4S. The Kier molecular flexibility index (Phi) is 3.66. The lowest BCUT2D eigenvalue weighted by Crippen LogP contribution is -2.41. The zero-order valence-corrected chi connectivity index (χ0v) is 13.1. The highest BCUT2D eigenvalue weighted by Crippen LogP contribution is 2.39. The van der Waals surface area contributed by atoms with Crippen LogP contribution in [-0.2, 0) is 4.74 Å². The van der Waals surface area contributed by atoms with Gasteiger partial charge in [0.15, 0.2) is 6.23 Å². The van der Waals surface area contributed by atoms with Gasteiger partial charge in [0.25, 0.3) is 0 Å². The van der Waals surface area contributed by atoms with Crippen molar-refractivity contribution in [2.45, 2.75) is 43.8 Å². The van der Waals surface area contributed by atoms with Crippen LogP contribution < -0.4 is 0 Å². The molecule has 0 amide bonds. The second-order valence-electron chi connectivity index (χ2n) is 6.06. The van der Waals surface area contributed by atoms with Crippen LogP contribution in [0.2, 0.25) is 0 Å². The summed E-state index contributed by atoms with van der Waals surface area (Å²) in [5, 5.41) is 35.3. The van der Waals surface area contributed by atoms with Gasteiger partial charge >= 0.3 is 0 Å². The van der Waals surface area contributed by atoms with Crippen LogP contribution in [-0.4, -0.2) is 68.4 Å². The monoisotopic (exact) mass is 335 g/mol. The molecule has 7 nitrogen and oxygen atoms in total. The van der Waals surface area contributed by atoms with Gasteiger partial charge < -0.3 is 20.1 Å². The molecule has 0 saturated carbocycles. The number of rotatable bonds is 2. The average molecular weight is 335 g/mol. The Morgan fingerprint density at radius 1 is 1.30 bits per heavy atom. The molecule has 1 saturated heterocycles. The first kappa shape index (κ1) is 15.1. The molecule has 122 valence electrons. The number of aliphatic imine (C=N–C) groups is 1. The first-order valence-electron chi connectivity index (χ1n) is 7.58. The van der Waals surface area contributed by atoms with Gasteiger partial charge in [-0.2, -0.15) is 5.10 Å². The minimum atomic E-state index is -1.15. The van der Waals surface area contributed by atoms with E-state index in [0.29, 0.717) is 17.1 Å². The minimum absolute atomic E-state index is 0.360. The van der Waals surface area contributed by atoms with Crippen molar-refractivity contribution in [3.63, 3.8) is 0 Å². The minimum Gasteiger partial charge on any atom is -0.394 e. The van der Waals surface area contributed by atoms with E-state index >= 15 is 0 Å². The molecule has 0 unspecified atom stereocenters. The van der Waals surface area contributed by atoms with E-state index < -0.39 is 24.5 Å². The topological polar surface area (TPSA) is 97.9 Å². The van der Waals surface area contributed by atoms with E-state index in [1.54, 1.807) is 6.21 Å². The fraction of sp³-hybridized carbons (Fsp3) is 0.533. The molecule has 0 aromatic rings. The molecule has 0 radical (unpaired) electrons. The first-order valence-corrected chi connectivity index (χ1v) is 7.99. The van der Waals surface area contributed by atoms with Gasteiger partial charge in [0, 0.05) is 18.2 Å². The van der Waals surface area contributed by atoms with E-state index in [-0.39, 0.29) is 6.61 Å². The highest BCUT2D eigenvalue weighted by molar-refractivity contribution is 7.80. The van der Waals surface area contributed by atoms with Gasteiger partial charge in [-0.05, 0) is 18.4 Å². The van der Waals surface area contributed by atoms with Crippen LogP contribution in [0.4, 0.5) is 0 Å². The highest BCUT2D eigenvalue weighted by atomic mass is 32.1. The van der Waals surface area contributed by atoms with E-state index in [9.17, 15) is 15.3 Å². The van der Waals surface area contributed by atoms with Crippen LogP contribution in [0.25, 0.3) is 0 Å². The molecule has 3 heterocycles. The maximum Gasteiger partial charge on any atom is 0.179 e. The van der Waals surface area contributed by atoms with Crippen molar-refractivity contribution in [1.29, 1.82) is 0 Å². The summed E-state index contributed by atoms with van der Waals surface area (Å²) in [4.78, 5) is 4.88. The van der Waals surface area contributed by atoms with Crippen molar-refractivity contribution in [1.82, 2.24) is 5.01 Å². The van der Waals surface area contributed by atoms with E-state index in [1.165, 1.54) is 10.6 Å². The molecule has 0 aromatic carbocycles. The van der Waals surface area contributed by atoms with E-state index in [0.717, 1.165) is 24.0 Å². The Morgan fingerprint density at radius 2 is 2.13 bits per heavy atom. The molecule has 8 heteroatoms.